The molecular formula is C14H32O4S. The van der Waals surface area contributed by atoms with Gasteiger partial charge in [0.15, 0.2) is 0 Å². The van der Waals surface area contributed by atoms with Gasteiger partial charge in [-0.1, -0.05) is 71.1 Å². The maximum atomic E-state index is 9.19. The van der Waals surface area contributed by atoms with Crippen LogP contribution in [-0.4, -0.2) is 30.9 Å². The van der Waals surface area contributed by atoms with Gasteiger partial charge < -0.3 is 5.11 Å². The number of hydrogen-bond donors (Lipinski definition) is 2. The third-order valence-corrected chi connectivity index (χ3v) is 2.76. The van der Waals surface area contributed by atoms with Crippen LogP contribution in [0.25, 0.3) is 0 Å². The molecule has 0 saturated heterocycles. The van der Waals surface area contributed by atoms with E-state index in [1.807, 2.05) is 0 Å². The second-order valence-electron chi connectivity index (χ2n) is 4.99. The maximum Gasteiger partial charge on any atom is 0.261 e. The van der Waals surface area contributed by atoms with Crippen molar-refractivity contribution in [3.05, 3.63) is 0 Å². The fourth-order valence-electron chi connectivity index (χ4n) is 1.78. The van der Waals surface area contributed by atoms with E-state index < -0.39 is 10.1 Å². The SMILES string of the molecule is CCCCCCCCCCCCCO.CS(=O)(=O)O. The van der Waals surface area contributed by atoms with Crippen molar-refractivity contribution < 1.29 is 18.1 Å². The monoisotopic (exact) mass is 296 g/mol. The summed E-state index contributed by atoms with van der Waals surface area (Å²) in [4.78, 5) is 0. The summed E-state index contributed by atoms with van der Waals surface area (Å²) in [6.45, 7) is 2.64. The Morgan fingerprint density at radius 1 is 0.737 bits per heavy atom. The summed E-state index contributed by atoms with van der Waals surface area (Å²) in [5.74, 6) is 0. The molecule has 5 heteroatoms. The molecule has 0 aliphatic carbocycles. The molecule has 0 amide bonds. The Balaban J connectivity index is 0. The van der Waals surface area contributed by atoms with E-state index in [9.17, 15) is 8.42 Å². The first-order valence-corrected chi connectivity index (χ1v) is 9.30. The first-order valence-electron chi connectivity index (χ1n) is 7.45. The minimum Gasteiger partial charge on any atom is -0.396 e. The van der Waals surface area contributed by atoms with Crippen molar-refractivity contribution >= 4 is 10.1 Å². The summed E-state index contributed by atoms with van der Waals surface area (Å²) < 4.78 is 25.9. The summed E-state index contributed by atoms with van der Waals surface area (Å²) in [5.41, 5.74) is 0. The number of hydrogen-bond acceptors (Lipinski definition) is 3. The van der Waals surface area contributed by atoms with E-state index in [1.165, 1.54) is 64.2 Å². The zero-order chi connectivity index (χ0) is 15.0. The highest BCUT2D eigenvalue weighted by atomic mass is 32.2. The molecule has 0 aliphatic heterocycles. The third kappa shape index (κ3) is 38.1. The molecule has 0 aliphatic rings. The molecule has 0 spiro atoms. The molecule has 118 valence electrons. The molecule has 4 nitrogen and oxygen atoms in total. The van der Waals surface area contributed by atoms with Crippen molar-refractivity contribution in [3.63, 3.8) is 0 Å². The minimum atomic E-state index is -3.67. The van der Waals surface area contributed by atoms with Crippen molar-refractivity contribution in [2.75, 3.05) is 12.9 Å². The van der Waals surface area contributed by atoms with Crippen LogP contribution < -0.4 is 0 Å². The van der Waals surface area contributed by atoms with E-state index in [1.54, 1.807) is 0 Å². The number of unbranched alkanes of at least 4 members (excludes halogenated alkanes) is 10. The molecule has 0 aromatic rings. The van der Waals surface area contributed by atoms with Gasteiger partial charge >= 0.3 is 0 Å². The predicted molar refractivity (Wildman–Crippen MR) is 81.0 cm³/mol. The van der Waals surface area contributed by atoms with Gasteiger partial charge in [0, 0.05) is 6.61 Å². The summed E-state index contributed by atoms with van der Waals surface area (Å²) in [6, 6.07) is 0. The van der Waals surface area contributed by atoms with Crippen LogP contribution >= 0.6 is 0 Å². The van der Waals surface area contributed by atoms with Crippen LogP contribution in [-0.2, 0) is 10.1 Å². The summed E-state index contributed by atoms with van der Waals surface area (Å²) in [5, 5.41) is 8.59. The molecule has 0 atom stereocenters. The third-order valence-electron chi connectivity index (χ3n) is 2.76. The van der Waals surface area contributed by atoms with Crippen molar-refractivity contribution in [3.8, 4) is 0 Å². The Bertz CT molecular complexity index is 230. The van der Waals surface area contributed by atoms with E-state index in [0.29, 0.717) is 12.9 Å². The van der Waals surface area contributed by atoms with Crippen LogP contribution in [0.15, 0.2) is 0 Å². The predicted octanol–water partition coefficient (Wildman–Crippen LogP) is 3.79. The Morgan fingerprint density at radius 2 is 1.00 bits per heavy atom. The molecule has 0 bridgehead atoms. The van der Waals surface area contributed by atoms with E-state index in [4.69, 9.17) is 9.66 Å². The van der Waals surface area contributed by atoms with Crippen LogP contribution in [0.3, 0.4) is 0 Å². The molecule has 0 unspecified atom stereocenters. The van der Waals surface area contributed by atoms with Crippen LogP contribution in [0.5, 0.6) is 0 Å². The largest absolute Gasteiger partial charge is 0.396 e. The fourth-order valence-corrected chi connectivity index (χ4v) is 1.78. The second-order valence-corrected chi connectivity index (χ2v) is 6.46. The van der Waals surface area contributed by atoms with Gasteiger partial charge in [0.25, 0.3) is 10.1 Å². The van der Waals surface area contributed by atoms with Crippen LogP contribution in [0, 0.1) is 0 Å². The Hall–Kier alpha value is -0.130. The van der Waals surface area contributed by atoms with Gasteiger partial charge in [0.1, 0.15) is 0 Å². The Kier molecular flexibility index (Phi) is 17.7. The van der Waals surface area contributed by atoms with Crippen LogP contribution in [0.2, 0.25) is 0 Å². The lowest BCUT2D eigenvalue weighted by Crippen LogP contribution is -1.88. The van der Waals surface area contributed by atoms with Crippen molar-refractivity contribution in [1.29, 1.82) is 0 Å². The molecule has 0 rings (SSSR count). The lowest BCUT2D eigenvalue weighted by atomic mass is 10.1. The zero-order valence-electron chi connectivity index (χ0n) is 12.6. The molecule has 19 heavy (non-hydrogen) atoms. The van der Waals surface area contributed by atoms with E-state index in [2.05, 4.69) is 6.92 Å². The molecule has 2 N–H and O–H groups in total. The van der Waals surface area contributed by atoms with E-state index in [0.717, 1.165) is 6.42 Å². The Labute approximate surface area is 119 Å². The van der Waals surface area contributed by atoms with Gasteiger partial charge in [0.05, 0.1) is 6.26 Å². The number of aliphatic hydroxyl groups excluding tert-OH is 1. The van der Waals surface area contributed by atoms with Crippen LogP contribution in [0.1, 0.15) is 77.6 Å². The molecule has 0 heterocycles. The summed E-state index contributed by atoms with van der Waals surface area (Å²) >= 11 is 0. The quantitative estimate of drug-likeness (QED) is 0.449. The standard InChI is InChI=1S/C13H28O.CH4O3S/c1-2-3-4-5-6-7-8-9-10-11-12-13-14;1-5(2,3)4/h14H,2-13H2,1H3;1H3,(H,2,3,4). The molecule has 0 saturated carbocycles. The minimum absolute atomic E-state index is 0.372. The highest BCUT2D eigenvalue weighted by Crippen LogP contribution is 2.10. The average molecular weight is 296 g/mol. The lowest BCUT2D eigenvalue weighted by molar-refractivity contribution is 0.282. The molecule has 0 aromatic carbocycles. The van der Waals surface area contributed by atoms with E-state index >= 15 is 0 Å². The smallest absolute Gasteiger partial charge is 0.261 e. The average Bonchev–Trinajstić information content (AvgIpc) is 2.29. The maximum absolute atomic E-state index is 9.19. The van der Waals surface area contributed by atoms with Gasteiger partial charge in [-0.2, -0.15) is 8.42 Å². The Morgan fingerprint density at radius 3 is 1.26 bits per heavy atom. The summed E-state index contributed by atoms with van der Waals surface area (Å²) in [7, 11) is -3.67. The molecule has 0 fully saturated rings. The number of aliphatic hydroxyl groups is 1. The van der Waals surface area contributed by atoms with Crippen LogP contribution in [0.4, 0.5) is 0 Å². The highest BCUT2D eigenvalue weighted by molar-refractivity contribution is 7.85. The highest BCUT2D eigenvalue weighted by Gasteiger charge is 1.91. The topological polar surface area (TPSA) is 74.6 Å². The number of rotatable bonds is 11. The van der Waals surface area contributed by atoms with Gasteiger partial charge in [-0.3, -0.25) is 4.55 Å². The molecular weight excluding hydrogens is 264 g/mol. The first-order chi connectivity index (χ1) is 8.91. The van der Waals surface area contributed by atoms with Gasteiger partial charge in [-0.15, -0.1) is 0 Å². The normalized spacial score (nSPS) is 10.9. The van der Waals surface area contributed by atoms with Crippen molar-refractivity contribution in [1.82, 2.24) is 0 Å². The van der Waals surface area contributed by atoms with Gasteiger partial charge in [0.2, 0.25) is 0 Å². The fraction of sp³-hybridized carbons (Fsp3) is 1.00. The van der Waals surface area contributed by atoms with Gasteiger partial charge in [-0.25, -0.2) is 0 Å². The first kappa shape index (κ1) is 21.2. The molecule has 0 aromatic heterocycles. The van der Waals surface area contributed by atoms with Crippen molar-refractivity contribution in [2.24, 2.45) is 0 Å². The lowest BCUT2D eigenvalue weighted by Gasteiger charge is -2.01. The molecule has 0 radical (unpaired) electrons. The van der Waals surface area contributed by atoms with E-state index in [-0.39, 0.29) is 0 Å². The van der Waals surface area contributed by atoms with Crippen molar-refractivity contribution in [2.45, 2.75) is 77.6 Å². The zero-order valence-corrected chi connectivity index (χ0v) is 13.4. The van der Waals surface area contributed by atoms with Gasteiger partial charge in [-0.05, 0) is 6.42 Å². The second kappa shape index (κ2) is 15.9. The summed E-state index contributed by atoms with van der Waals surface area (Å²) in [6.07, 6.45) is 15.5.